The van der Waals surface area contributed by atoms with Crippen LogP contribution in [0.3, 0.4) is 0 Å². The quantitative estimate of drug-likeness (QED) is 0.0764. The number of sulfonamides is 2. The summed E-state index contributed by atoms with van der Waals surface area (Å²) in [4.78, 5) is 51.6. The number of hydroxylamine groups is 2. The van der Waals surface area contributed by atoms with Crippen molar-refractivity contribution in [2.24, 2.45) is 0 Å². The lowest BCUT2D eigenvalue weighted by atomic mass is 10.0. The van der Waals surface area contributed by atoms with Crippen LogP contribution in [0.5, 0.6) is 0 Å². The highest BCUT2D eigenvalue weighted by Gasteiger charge is 2.33. The number of thiazole rings is 2. The van der Waals surface area contributed by atoms with Crippen molar-refractivity contribution in [3.05, 3.63) is 172 Å². The molecule has 0 spiro atoms. The maximum atomic E-state index is 13.3. The van der Waals surface area contributed by atoms with E-state index in [0.717, 1.165) is 51.0 Å². The Morgan fingerprint density at radius 1 is 0.675 bits per heavy atom. The van der Waals surface area contributed by atoms with Gasteiger partial charge in [0.25, 0.3) is 5.91 Å². The van der Waals surface area contributed by atoms with Gasteiger partial charge in [-0.3, -0.25) is 18.4 Å². The smallest absolute Gasteiger partial charge is 0.277 e. The number of rotatable bonds is 14. The second-order valence-electron chi connectivity index (χ2n) is 19.1. The van der Waals surface area contributed by atoms with E-state index in [2.05, 4.69) is 25.4 Å². The lowest BCUT2D eigenvalue weighted by Gasteiger charge is -2.32. The highest BCUT2D eigenvalue weighted by Crippen LogP contribution is 2.37. The minimum atomic E-state index is -3.67. The maximum absolute atomic E-state index is 13.3. The number of piperidine rings is 2. The van der Waals surface area contributed by atoms with E-state index in [4.69, 9.17) is 54.5 Å². The Hall–Kier alpha value is -7.70. The normalized spacial score (nSPS) is 15.9. The third-order valence-electron chi connectivity index (χ3n) is 13.8. The van der Waals surface area contributed by atoms with Gasteiger partial charge >= 0.3 is 0 Å². The molecule has 26 heteroatoms. The lowest BCUT2D eigenvalue weighted by molar-refractivity contribution is -0.0756. The minimum absolute atomic E-state index is 0. The van der Waals surface area contributed by atoms with Crippen LogP contribution in [0.25, 0.3) is 60.1 Å². The van der Waals surface area contributed by atoms with Gasteiger partial charge < -0.3 is 10.6 Å². The largest absolute Gasteiger partial charge is 0.350 e. The zero-order chi connectivity index (χ0) is 57.1. The van der Waals surface area contributed by atoms with E-state index in [1.807, 2.05) is 74.4 Å². The molecular weight excluding hydrogens is 1180 g/mol. The predicted octanol–water partition coefficient (Wildman–Crippen LogP) is 11.7. The first-order valence-electron chi connectivity index (χ1n) is 25.7. The van der Waals surface area contributed by atoms with Crippen molar-refractivity contribution in [3.8, 4) is 45.3 Å². The van der Waals surface area contributed by atoms with Gasteiger partial charge in [-0.05, 0) is 110 Å². The van der Waals surface area contributed by atoms with E-state index in [1.54, 1.807) is 61.9 Å². The second kappa shape index (κ2) is 25.0. The molecule has 8 heterocycles. The Morgan fingerprint density at radius 2 is 1.14 bits per heavy atom. The zero-order valence-electron chi connectivity index (χ0n) is 43.9. The Balaban J connectivity index is 0.000000184. The lowest BCUT2D eigenvalue weighted by Crippen LogP contribution is -2.45. The van der Waals surface area contributed by atoms with E-state index in [0.29, 0.717) is 82.8 Å². The molecule has 6 aromatic heterocycles. The maximum Gasteiger partial charge on any atom is 0.277 e. The van der Waals surface area contributed by atoms with Crippen molar-refractivity contribution >= 4 is 99.3 Å². The summed E-state index contributed by atoms with van der Waals surface area (Å²) >= 11 is 14.9. The second-order valence-corrected chi connectivity index (χ2v) is 25.6. The molecule has 12 rings (SSSR count). The predicted molar refractivity (Wildman–Crippen MR) is 325 cm³/mol. The van der Waals surface area contributed by atoms with Crippen LogP contribution in [0.1, 0.15) is 43.5 Å². The Labute approximate surface area is 497 Å². The Bertz CT molecular complexity index is 4250. The van der Waals surface area contributed by atoms with Crippen LogP contribution in [-0.2, 0) is 24.9 Å². The first-order chi connectivity index (χ1) is 39.7. The molecule has 426 valence electrons. The third kappa shape index (κ3) is 12.5. The fourth-order valence-corrected chi connectivity index (χ4v) is 14.5. The van der Waals surface area contributed by atoms with E-state index in [1.165, 1.54) is 67.7 Å². The standard InChI is InChI=1S/C29H28ClN7O4S2.C27H22ClN7O2S2.CH4/c1-35(41-2)27(38)20-6-3-5-19(17-20)25-26(37-15-16-42-29(37)34-25)24-12-13-31-28(33-24)32-22-7-4-14-36(18-22)43(39,40)23-10-8-21(30)9-11-23;1-29-20-5-2-4-18(16-20)24-25(35-14-15-38-27(35)33-24)23-11-12-30-26(32-23)31-21-6-3-13-34(17-21)39(36,37)22-9-7-19(28)8-10-22;/h3,5-6,8-13,15-17,22H,4,7,14,18H2,1-2H3,(H,31,32,33);2,4-5,7-12,14-16,21H,3,6,13,17H2,(H,30,31,32);1H4/t22-;21-;/m11./s1. The van der Waals surface area contributed by atoms with E-state index < -0.39 is 20.0 Å². The summed E-state index contributed by atoms with van der Waals surface area (Å²) in [6.07, 6.45) is 10.2. The van der Waals surface area contributed by atoms with Gasteiger partial charge in [0.05, 0.1) is 46.2 Å². The van der Waals surface area contributed by atoms with Crippen LogP contribution in [0.15, 0.2) is 155 Å². The first kappa shape index (κ1) is 58.5. The number of halogens is 2. The summed E-state index contributed by atoms with van der Waals surface area (Å²) in [5.41, 5.74) is 6.84. The number of fused-ring (bicyclic) bond motifs is 2. The highest BCUT2D eigenvalue weighted by atomic mass is 35.5. The number of carbonyl (C=O) groups excluding carboxylic acids is 1. The van der Waals surface area contributed by atoms with Crippen LogP contribution in [0, 0.1) is 6.57 Å². The average Bonchev–Trinajstić information content (AvgIpc) is 4.49. The topological polar surface area (TPSA) is 219 Å². The first-order valence-corrected chi connectivity index (χ1v) is 31.1. The number of amides is 1. The molecule has 2 saturated heterocycles. The summed E-state index contributed by atoms with van der Waals surface area (Å²) in [6, 6.07) is 30.3. The fourth-order valence-electron chi connectivity index (χ4n) is 9.80. The number of carbonyl (C=O) groups is 1. The summed E-state index contributed by atoms with van der Waals surface area (Å²) in [5, 5.41) is 12.7. The van der Waals surface area contributed by atoms with Gasteiger partial charge in [0.2, 0.25) is 31.9 Å². The van der Waals surface area contributed by atoms with Gasteiger partial charge in [-0.2, -0.15) is 8.61 Å². The third-order valence-corrected chi connectivity index (χ3v) is 19.6. The molecule has 4 aromatic carbocycles. The van der Waals surface area contributed by atoms with E-state index in [-0.39, 0.29) is 41.8 Å². The zero-order valence-corrected chi connectivity index (χ0v) is 48.7. The molecule has 2 fully saturated rings. The van der Waals surface area contributed by atoms with Gasteiger partial charge in [0.1, 0.15) is 11.4 Å². The number of nitrogens with zero attached hydrogens (tertiary/aromatic N) is 12. The van der Waals surface area contributed by atoms with Crippen molar-refractivity contribution in [2.45, 2.75) is 55.0 Å². The SMILES string of the molecule is C.CON(C)C(=O)c1cccc(-c2nc3sccn3c2-c2ccnc(N[C@@H]3CCCN(S(=O)(=O)c4ccc(Cl)cc4)C3)n2)c1.[C-]#[N+]c1cccc(-c2nc3sccn3c2-c2ccnc(N[C@@H]3CCCN(S(=O)(=O)c4ccc(Cl)cc4)C3)n2)c1. The fraction of sp³-hybridized carbons (Fsp3) is 0.228. The summed E-state index contributed by atoms with van der Waals surface area (Å²) < 4.78 is 59.9. The van der Waals surface area contributed by atoms with Crippen LogP contribution in [-0.4, -0.2) is 128 Å². The summed E-state index contributed by atoms with van der Waals surface area (Å²) in [7, 11) is -4.32. The molecule has 2 aliphatic heterocycles. The van der Waals surface area contributed by atoms with Crippen LogP contribution in [0.4, 0.5) is 17.6 Å². The molecule has 0 aliphatic carbocycles. The van der Waals surface area contributed by atoms with Gasteiger partial charge in [-0.15, -0.1) is 22.7 Å². The molecule has 1 amide bonds. The molecular formula is C57H54Cl2N14O6S4. The van der Waals surface area contributed by atoms with Gasteiger partial charge in [-0.1, -0.05) is 61.0 Å². The molecule has 0 bridgehead atoms. The molecule has 10 aromatic rings. The highest BCUT2D eigenvalue weighted by molar-refractivity contribution is 7.89. The van der Waals surface area contributed by atoms with Crippen LogP contribution >= 0.6 is 45.9 Å². The summed E-state index contributed by atoms with van der Waals surface area (Å²) in [6.45, 7) is 8.84. The summed E-state index contributed by atoms with van der Waals surface area (Å²) in [5.74, 6) is 0.518. The number of nitrogens with one attached hydrogen (secondary N) is 2. The van der Waals surface area contributed by atoms with Crippen LogP contribution < -0.4 is 10.6 Å². The van der Waals surface area contributed by atoms with Crippen LogP contribution in [0.2, 0.25) is 10.0 Å². The molecule has 2 atom stereocenters. The van der Waals surface area contributed by atoms with Gasteiger partial charge in [0.15, 0.2) is 15.6 Å². The molecule has 2 N–H and O–H groups in total. The molecule has 2 aliphatic rings. The molecule has 0 saturated carbocycles. The average molecular weight is 1230 g/mol. The molecule has 83 heavy (non-hydrogen) atoms. The van der Waals surface area contributed by atoms with E-state index >= 15 is 0 Å². The molecule has 0 radical (unpaired) electrons. The number of aromatic nitrogens is 8. The Kier molecular flexibility index (Phi) is 17.6. The molecule has 0 unspecified atom stereocenters. The molecule has 20 nitrogen and oxygen atoms in total. The number of hydrogen-bond acceptors (Lipinski definition) is 16. The minimum Gasteiger partial charge on any atom is -0.350 e. The monoisotopic (exact) mass is 1230 g/mol. The number of benzene rings is 4. The number of anilines is 2. The van der Waals surface area contributed by atoms with Crippen molar-refractivity contribution in [2.75, 3.05) is 51.0 Å². The van der Waals surface area contributed by atoms with Crippen molar-refractivity contribution in [3.63, 3.8) is 0 Å². The van der Waals surface area contributed by atoms with Crippen molar-refractivity contribution < 1.29 is 26.5 Å². The van der Waals surface area contributed by atoms with Crippen molar-refractivity contribution in [1.29, 1.82) is 0 Å². The Morgan fingerprint density at radius 3 is 1.61 bits per heavy atom. The number of imidazole rings is 2. The van der Waals surface area contributed by atoms with E-state index in [9.17, 15) is 21.6 Å². The number of hydrogen-bond donors (Lipinski definition) is 2. The van der Waals surface area contributed by atoms with Gasteiger partial charge in [0, 0.05) is 102 Å². The van der Waals surface area contributed by atoms with Crippen molar-refractivity contribution in [1.82, 2.24) is 52.4 Å². The van der Waals surface area contributed by atoms with Gasteiger partial charge in [-0.25, -0.2) is 56.6 Å².